The molecule has 0 aliphatic heterocycles. The molecular formula is C24H21N3O5. The Bertz CT molecular complexity index is 1110. The van der Waals surface area contributed by atoms with E-state index >= 15 is 0 Å². The molecule has 0 unspecified atom stereocenters. The van der Waals surface area contributed by atoms with Gasteiger partial charge in [-0.05, 0) is 60.7 Å². The maximum atomic E-state index is 12.4. The average Bonchev–Trinajstić information content (AvgIpc) is 2.82. The van der Waals surface area contributed by atoms with E-state index < -0.39 is 0 Å². The van der Waals surface area contributed by atoms with Crippen LogP contribution in [0.1, 0.15) is 10.4 Å². The molecule has 162 valence electrons. The lowest BCUT2D eigenvalue weighted by atomic mass is 10.2. The monoisotopic (exact) mass is 431 g/mol. The SMILES string of the molecule is COc1cccc(NC(=O)COc2ccc(C(=O)Nc3ccc(OCC#N)cc3)cc2)c1. The van der Waals surface area contributed by atoms with E-state index in [0.717, 1.165) is 0 Å². The average molecular weight is 431 g/mol. The van der Waals surface area contributed by atoms with Crippen LogP contribution in [0.15, 0.2) is 72.8 Å². The topological polar surface area (TPSA) is 110 Å². The summed E-state index contributed by atoms with van der Waals surface area (Å²) in [5.74, 6) is 1.03. The van der Waals surface area contributed by atoms with Gasteiger partial charge in [-0.2, -0.15) is 5.26 Å². The first kappa shape index (κ1) is 22.2. The van der Waals surface area contributed by atoms with Gasteiger partial charge >= 0.3 is 0 Å². The molecule has 0 saturated heterocycles. The van der Waals surface area contributed by atoms with Gasteiger partial charge in [-0.15, -0.1) is 0 Å². The quantitative estimate of drug-likeness (QED) is 0.532. The van der Waals surface area contributed by atoms with Crippen LogP contribution in [0.2, 0.25) is 0 Å². The fraction of sp³-hybridized carbons (Fsp3) is 0.125. The molecule has 0 aliphatic carbocycles. The van der Waals surface area contributed by atoms with Gasteiger partial charge in [-0.3, -0.25) is 9.59 Å². The first-order valence-electron chi connectivity index (χ1n) is 9.65. The second kappa shape index (κ2) is 11.0. The van der Waals surface area contributed by atoms with Gasteiger partial charge < -0.3 is 24.8 Å². The third-order valence-electron chi connectivity index (χ3n) is 4.26. The molecule has 0 spiro atoms. The third-order valence-corrected chi connectivity index (χ3v) is 4.26. The highest BCUT2D eigenvalue weighted by Gasteiger charge is 2.08. The van der Waals surface area contributed by atoms with E-state index in [1.807, 2.05) is 6.07 Å². The summed E-state index contributed by atoms with van der Waals surface area (Å²) in [6.45, 7) is -0.217. The number of ether oxygens (including phenoxy) is 3. The van der Waals surface area contributed by atoms with E-state index in [1.165, 1.54) is 0 Å². The summed E-state index contributed by atoms with van der Waals surface area (Å²) >= 11 is 0. The molecule has 3 rings (SSSR count). The number of methoxy groups -OCH3 is 1. The summed E-state index contributed by atoms with van der Waals surface area (Å²) in [7, 11) is 1.55. The van der Waals surface area contributed by atoms with E-state index in [9.17, 15) is 9.59 Å². The van der Waals surface area contributed by atoms with Crippen molar-refractivity contribution in [3.8, 4) is 23.3 Å². The molecule has 0 radical (unpaired) electrons. The Labute approximate surface area is 185 Å². The van der Waals surface area contributed by atoms with Gasteiger partial charge in [0.15, 0.2) is 13.2 Å². The van der Waals surface area contributed by atoms with Crippen molar-refractivity contribution in [2.45, 2.75) is 0 Å². The summed E-state index contributed by atoms with van der Waals surface area (Å²) in [6.07, 6.45) is 0. The number of nitrogens with one attached hydrogen (secondary N) is 2. The van der Waals surface area contributed by atoms with Crippen LogP contribution in [0, 0.1) is 11.3 Å². The number of benzene rings is 3. The minimum Gasteiger partial charge on any atom is -0.497 e. The lowest BCUT2D eigenvalue weighted by Crippen LogP contribution is -2.20. The molecule has 0 aromatic heterocycles. The Hall–Kier alpha value is -4.51. The van der Waals surface area contributed by atoms with Gasteiger partial charge in [-0.1, -0.05) is 6.07 Å². The number of carbonyl (C=O) groups excluding carboxylic acids is 2. The van der Waals surface area contributed by atoms with Crippen molar-refractivity contribution >= 4 is 23.2 Å². The second-order valence-corrected chi connectivity index (χ2v) is 6.52. The van der Waals surface area contributed by atoms with Crippen molar-refractivity contribution in [2.75, 3.05) is 31.0 Å². The molecule has 3 aromatic carbocycles. The van der Waals surface area contributed by atoms with E-state index in [-0.39, 0.29) is 25.0 Å². The van der Waals surface area contributed by atoms with E-state index in [1.54, 1.807) is 79.9 Å². The van der Waals surface area contributed by atoms with Crippen molar-refractivity contribution in [2.24, 2.45) is 0 Å². The van der Waals surface area contributed by atoms with Gasteiger partial charge in [0.05, 0.1) is 7.11 Å². The molecule has 2 N–H and O–H groups in total. The molecule has 8 nitrogen and oxygen atoms in total. The summed E-state index contributed by atoms with van der Waals surface area (Å²) in [4.78, 5) is 24.5. The normalized spacial score (nSPS) is 9.88. The number of nitrogens with zero attached hydrogens (tertiary/aromatic N) is 1. The van der Waals surface area contributed by atoms with Gasteiger partial charge in [0.25, 0.3) is 11.8 Å². The molecule has 2 amide bonds. The zero-order chi connectivity index (χ0) is 22.8. The minimum absolute atomic E-state index is 0.0389. The number of anilines is 2. The maximum Gasteiger partial charge on any atom is 0.262 e. The molecule has 0 atom stereocenters. The lowest BCUT2D eigenvalue weighted by Gasteiger charge is -2.10. The van der Waals surface area contributed by atoms with Crippen LogP contribution in [0.4, 0.5) is 11.4 Å². The fourth-order valence-corrected chi connectivity index (χ4v) is 2.70. The van der Waals surface area contributed by atoms with Crippen molar-refractivity contribution < 1.29 is 23.8 Å². The highest BCUT2D eigenvalue weighted by atomic mass is 16.5. The van der Waals surface area contributed by atoms with Crippen LogP contribution in [0.3, 0.4) is 0 Å². The van der Waals surface area contributed by atoms with Gasteiger partial charge in [0, 0.05) is 23.0 Å². The third kappa shape index (κ3) is 6.50. The van der Waals surface area contributed by atoms with E-state index in [4.69, 9.17) is 19.5 Å². The van der Waals surface area contributed by atoms with Crippen LogP contribution in [-0.4, -0.2) is 32.1 Å². The number of hydrogen-bond acceptors (Lipinski definition) is 6. The van der Waals surface area contributed by atoms with Crippen molar-refractivity contribution in [3.63, 3.8) is 0 Å². The molecule has 8 heteroatoms. The van der Waals surface area contributed by atoms with Crippen LogP contribution in [0.5, 0.6) is 17.2 Å². The van der Waals surface area contributed by atoms with Gasteiger partial charge in [0.1, 0.15) is 23.3 Å². The summed E-state index contributed by atoms with van der Waals surface area (Å²) in [6, 6.07) is 22.1. The number of amides is 2. The predicted octanol–water partition coefficient (Wildman–Crippen LogP) is 3.87. The van der Waals surface area contributed by atoms with Crippen molar-refractivity contribution in [3.05, 3.63) is 78.4 Å². The number of hydrogen-bond donors (Lipinski definition) is 2. The Morgan fingerprint density at radius 2 is 1.53 bits per heavy atom. The van der Waals surface area contributed by atoms with Crippen LogP contribution < -0.4 is 24.8 Å². The first-order chi connectivity index (χ1) is 15.6. The first-order valence-corrected chi connectivity index (χ1v) is 9.65. The van der Waals surface area contributed by atoms with Crippen LogP contribution in [-0.2, 0) is 4.79 Å². The van der Waals surface area contributed by atoms with Crippen molar-refractivity contribution in [1.29, 1.82) is 5.26 Å². The molecular weight excluding hydrogens is 410 g/mol. The minimum atomic E-state index is -0.317. The molecule has 0 saturated carbocycles. The van der Waals surface area contributed by atoms with E-state index in [2.05, 4.69) is 10.6 Å². The zero-order valence-corrected chi connectivity index (χ0v) is 17.3. The second-order valence-electron chi connectivity index (χ2n) is 6.52. The predicted molar refractivity (Wildman–Crippen MR) is 119 cm³/mol. The summed E-state index contributed by atoms with van der Waals surface area (Å²) in [5.41, 5.74) is 1.63. The van der Waals surface area contributed by atoms with Gasteiger partial charge in [0.2, 0.25) is 0 Å². The highest BCUT2D eigenvalue weighted by molar-refractivity contribution is 6.04. The Balaban J connectivity index is 1.49. The smallest absolute Gasteiger partial charge is 0.262 e. The van der Waals surface area contributed by atoms with Crippen molar-refractivity contribution in [1.82, 2.24) is 0 Å². The number of nitriles is 1. The van der Waals surface area contributed by atoms with Crippen LogP contribution in [0.25, 0.3) is 0 Å². The summed E-state index contributed by atoms with van der Waals surface area (Å²) in [5, 5.41) is 14.0. The molecule has 3 aromatic rings. The Kier molecular flexibility index (Phi) is 7.65. The summed E-state index contributed by atoms with van der Waals surface area (Å²) < 4.78 is 15.8. The molecule has 0 fully saturated rings. The number of carbonyl (C=O) groups is 2. The lowest BCUT2D eigenvalue weighted by molar-refractivity contribution is -0.118. The Morgan fingerprint density at radius 1 is 0.844 bits per heavy atom. The number of rotatable bonds is 9. The fourth-order valence-electron chi connectivity index (χ4n) is 2.70. The highest BCUT2D eigenvalue weighted by Crippen LogP contribution is 2.19. The standard InChI is InChI=1S/C24H21N3O5/c1-30-22-4-2-3-19(15-22)26-23(28)16-32-21-9-5-17(6-10-21)24(29)27-18-7-11-20(12-8-18)31-14-13-25/h2-12,15H,14,16H2,1H3,(H,26,28)(H,27,29). The van der Waals surface area contributed by atoms with Crippen LogP contribution >= 0.6 is 0 Å². The molecule has 32 heavy (non-hydrogen) atoms. The maximum absolute atomic E-state index is 12.4. The van der Waals surface area contributed by atoms with E-state index in [0.29, 0.717) is 34.2 Å². The Morgan fingerprint density at radius 3 is 2.22 bits per heavy atom. The van der Waals surface area contributed by atoms with Gasteiger partial charge in [-0.25, -0.2) is 0 Å². The molecule has 0 bridgehead atoms. The molecule has 0 aliphatic rings. The zero-order valence-electron chi connectivity index (χ0n) is 17.3. The largest absolute Gasteiger partial charge is 0.497 e. The molecule has 0 heterocycles.